The molecule has 2 fully saturated rings. The maximum Gasteiger partial charge on any atom is 0.000750 e. The summed E-state index contributed by atoms with van der Waals surface area (Å²) in [5.74, 6) is 1.96. The molecule has 0 spiro atoms. The van der Waals surface area contributed by atoms with Gasteiger partial charge in [-0.3, -0.25) is 0 Å². The van der Waals surface area contributed by atoms with E-state index in [1.54, 1.807) is 0 Å². The molecule has 2 rings (SSSR count). The van der Waals surface area contributed by atoms with Crippen molar-refractivity contribution < 1.29 is 0 Å². The van der Waals surface area contributed by atoms with Crippen LogP contribution in [0.3, 0.4) is 0 Å². The first kappa shape index (κ1) is 12.4. The smallest absolute Gasteiger partial charge is 0.000750 e. The van der Waals surface area contributed by atoms with E-state index >= 15 is 0 Å². The van der Waals surface area contributed by atoms with Gasteiger partial charge in [0, 0.05) is 6.54 Å². The summed E-state index contributed by atoms with van der Waals surface area (Å²) in [4.78, 5) is 5.27. The van der Waals surface area contributed by atoms with Crippen molar-refractivity contribution in [3.63, 3.8) is 0 Å². The van der Waals surface area contributed by atoms with Gasteiger partial charge in [0.15, 0.2) is 0 Å². The first-order valence-corrected chi connectivity index (χ1v) is 7.22. The molecule has 0 saturated carbocycles. The van der Waals surface area contributed by atoms with E-state index in [0.717, 1.165) is 11.8 Å². The lowest BCUT2D eigenvalue weighted by Crippen LogP contribution is -2.34. The molecule has 0 radical (unpaired) electrons. The van der Waals surface area contributed by atoms with Crippen LogP contribution in [0, 0.1) is 11.8 Å². The lowest BCUT2D eigenvalue weighted by molar-refractivity contribution is 0.174. The van der Waals surface area contributed by atoms with Crippen LogP contribution in [-0.2, 0) is 0 Å². The summed E-state index contributed by atoms with van der Waals surface area (Å²) < 4.78 is 0. The van der Waals surface area contributed by atoms with Gasteiger partial charge in [0.2, 0.25) is 0 Å². The largest absolute Gasteiger partial charge is 0.304 e. The fraction of sp³-hybridized carbons (Fsp3) is 1.00. The Hall–Kier alpha value is -0.0800. The van der Waals surface area contributed by atoms with E-state index in [-0.39, 0.29) is 0 Å². The van der Waals surface area contributed by atoms with Gasteiger partial charge in [-0.05, 0) is 70.2 Å². The SMILES string of the molecule is CCN1CCC(CCN2CCC(C)C2)CC1. The van der Waals surface area contributed by atoms with Crippen LogP contribution < -0.4 is 0 Å². The summed E-state index contributed by atoms with van der Waals surface area (Å²) >= 11 is 0. The Morgan fingerprint density at radius 3 is 2.25 bits per heavy atom. The van der Waals surface area contributed by atoms with Gasteiger partial charge < -0.3 is 9.80 Å². The molecule has 0 bridgehead atoms. The molecule has 1 unspecified atom stereocenters. The highest BCUT2D eigenvalue weighted by molar-refractivity contribution is 4.76. The molecule has 0 N–H and O–H groups in total. The lowest BCUT2D eigenvalue weighted by atomic mass is 9.93. The van der Waals surface area contributed by atoms with Crippen molar-refractivity contribution in [3.05, 3.63) is 0 Å². The van der Waals surface area contributed by atoms with Crippen molar-refractivity contribution in [2.75, 3.05) is 39.3 Å². The Bertz CT molecular complexity index is 197. The Kier molecular flexibility index (Phi) is 4.66. The summed E-state index contributed by atoms with van der Waals surface area (Å²) in [7, 11) is 0. The molecule has 16 heavy (non-hydrogen) atoms. The first-order valence-electron chi connectivity index (χ1n) is 7.22. The topological polar surface area (TPSA) is 6.48 Å². The highest BCUT2D eigenvalue weighted by Gasteiger charge is 2.21. The maximum absolute atomic E-state index is 2.68. The molecule has 2 nitrogen and oxygen atoms in total. The zero-order valence-corrected chi connectivity index (χ0v) is 11.1. The van der Waals surface area contributed by atoms with Crippen LogP contribution in [0.5, 0.6) is 0 Å². The maximum atomic E-state index is 2.68. The van der Waals surface area contributed by atoms with Gasteiger partial charge in [-0.25, -0.2) is 0 Å². The molecule has 2 heterocycles. The van der Waals surface area contributed by atoms with Gasteiger partial charge in [-0.1, -0.05) is 13.8 Å². The second-order valence-electron chi connectivity index (χ2n) is 5.86. The Morgan fingerprint density at radius 2 is 1.69 bits per heavy atom. The predicted molar refractivity (Wildman–Crippen MR) is 69.7 cm³/mol. The van der Waals surface area contributed by atoms with Gasteiger partial charge in [0.25, 0.3) is 0 Å². The molecule has 94 valence electrons. The summed E-state index contributed by atoms with van der Waals surface area (Å²) in [5.41, 5.74) is 0. The second kappa shape index (κ2) is 6.02. The van der Waals surface area contributed by atoms with Crippen LogP contribution in [0.2, 0.25) is 0 Å². The molecule has 0 aromatic carbocycles. The zero-order valence-electron chi connectivity index (χ0n) is 11.1. The quantitative estimate of drug-likeness (QED) is 0.724. The minimum atomic E-state index is 0.946. The number of hydrogen-bond acceptors (Lipinski definition) is 2. The summed E-state index contributed by atoms with van der Waals surface area (Å²) in [6, 6.07) is 0. The van der Waals surface area contributed by atoms with Gasteiger partial charge in [0.05, 0.1) is 0 Å². The molecular weight excluding hydrogens is 196 g/mol. The summed E-state index contributed by atoms with van der Waals surface area (Å²) in [6.07, 6.45) is 5.76. The van der Waals surface area contributed by atoms with Crippen molar-refractivity contribution in [1.29, 1.82) is 0 Å². The van der Waals surface area contributed by atoms with Gasteiger partial charge in [-0.15, -0.1) is 0 Å². The van der Waals surface area contributed by atoms with Crippen LogP contribution in [0.1, 0.15) is 39.5 Å². The standard InChI is InChI=1S/C14H28N2/c1-3-15-9-5-14(6-10-15)7-11-16-8-4-13(2)12-16/h13-14H,3-12H2,1-2H3. The average Bonchev–Trinajstić information content (AvgIpc) is 2.73. The predicted octanol–water partition coefficient (Wildman–Crippen LogP) is 2.45. The van der Waals surface area contributed by atoms with E-state index in [1.807, 2.05) is 0 Å². The lowest BCUT2D eigenvalue weighted by Gasteiger charge is -2.31. The van der Waals surface area contributed by atoms with Crippen LogP contribution in [0.25, 0.3) is 0 Å². The Morgan fingerprint density at radius 1 is 1.00 bits per heavy atom. The molecule has 2 heteroatoms. The van der Waals surface area contributed by atoms with E-state index in [9.17, 15) is 0 Å². The minimum Gasteiger partial charge on any atom is -0.304 e. The molecule has 0 amide bonds. The van der Waals surface area contributed by atoms with Gasteiger partial charge >= 0.3 is 0 Å². The van der Waals surface area contributed by atoms with E-state index in [1.165, 1.54) is 65.0 Å². The minimum absolute atomic E-state index is 0.946. The summed E-state index contributed by atoms with van der Waals surface area (Å²) in [5, 5.41) is 0. The third kappa shape index (κ3) is 3.46. The number of piperidine rings is 1. The zero-order chi connectivity index (χ0) is 11.4. The van der Waals surface area contributed by atoms with Crippen LogP contribution in [-0.4, -0.2) is 49.1 Å². The third-order valence-corrected chi connectivity index (χ3v) is 4.52. The Labute approximate surface area is 101 Å². The molecule has 0 aliphatic carbocycles. The number of hydrogen-bond donors (Lipinski definition) is 0. The van der Waals surface area contributed by atoms with Crippen LogP contribution in [0.4, 0.5) is 0 Å². The molecule has 1 atom stereocenters. The van der Waals surface area contributed by atoms with Crippen molar-refractivity contribution in [2.24, 2.45) is 11.8 Å². The molecule has 2 saturated heterocycles. The van der Waals surface area contributed by atoms with E-state index in [4.69, 9.17) is 0 Å². The normalized spacial score (nSPS) is 30.0. The van der Waals surface area contributed by atoms with Gasteiger partial charge in [0.1, 0.15) is 0 Å². The first-order chi connectivity index (χ1) is 7.78. The number of nitrogens with zero attached hydrogens (tertiary/aromatic N) is 2. The molecular formula is C14H28N2. The van der Waals surface area contributed by atoms with Crippen molar-refractivity contribution >= 4 is 0 Å². The van der Waals surface area contributed by atoms with Crippen LogP contribution >= 0.6 is 0 Å². The highest BCUT2D eigenvalue weighted by Crippen LogP contribution is 2.22. The fourth-order valence-corrected chi connectivity index (χ4v) is 3.19. The number of rotatable bonds is 4. The molecule has 0 aromatic rings. The highest BCUT2D eigenvalue weighted by atomic mass is 15.1. The van der Waals surface area contributed by atoms with E-state index in [0.29, 0.717) is 0 Å². The van der Waals surface area contributed by atoms with E-state index < -0.39 is 0 Å². The van der Waals surface area contributed by atoms with Crippen molar-refractivity contribution in [1.82, 2.24) is 9.80 Å². The van der Waals surface area contributed by atoms with Crippen LogP contribution in [0.15, 0.2) is 0 Å². The Balaban J connectivity index is 1.60. The average molecular weight is 224 g/mol. The van der Waals surface area contributed by atoms with Crippen molar-refractivity contribution in [2.45, 2.75) is 39.5 Å². The van der Waals surface area contributed by atoms with E-state index in [2.05, 4.69) is 23.6 Å². The molecule has 2 aliphatic rings. The third-order valence-electron chi connectivity index (χ3n) is 4.52. The molecule has 2 aliphatic heterocycles. The van der Waals surface area contributed by atoms with Gasteiger partial charge in [-0.2, -0.15) is 0 Å². The monoisotopic (exact) mass is 224 g/mol. The van der Waals surface area contributed by atoms with Crippen molar-refractivity contribution in [3.8, 4) is 0 Å². The summed E-state index contributed by atoms with van der Waals surface area (Å²) in [6.45, 7) is 12.7. The molecule has 0 aromatic heterocycles. The fourth-order valence-electron chi connectivity index (χ4n) is 3.19. The second-order valence-corrected chi connectivity index (χ2v) is 5.86. The number of likely N-dealkylation sites (tertiary alicyclic amines) is 2.